The molecular formula is C11H16N8O2. The minimum atomic E-state index is -0.508. The summed E-state index contributed by atoms with van der Waals surface area (Å²) in [6.45, 7) is 2.80. The van der Waals surface area contributed by atoms with Crippen LogP contribution in [0.4, 0.5) is 17.3 Å². The van der Waals surface area contributed by atoms with Crippen LogP contribution < -0.4 is 10.6 Å². The predicted molar refractivity (Wildman–Crippen MR) is 75.8 cm³/mol. The Labute approximate surface area is 120 Å². The summed E-state index contributed by atoms with van der Waals surface area (Å²) in [4.78, 5) is 22.6. The van der Waals surface area contributed by atoms with Crippen molar-refractivity contribution < 1.29 is 4.92 Å². The summed E-state index contributed by atoms with van der Waals surface area (Å²) in [5.74, 6) is 0.864. The predicted octanol–water partition coefficient (Wildman–Crippen LogP) is 0.947. The maximum absolute atomic E-state index is 11.2. The molecule has 2 heterocycles. The SMILES string of the molecule is CCCNc1ncnc(NCc2ncn(C)n2)c1[N+](=O)[O-]. The zero-order chi connectivity index (χ0) is 15.2. The Hall–Kier alpha value is -2.78. The van der Waals surface area contributed by atoms with E-state index in [1.54, 1.807) is 18.1 Å². The van der Waals surface area contributed by atoms with Crippen LogP contribution in [0.2, 0.25) is 0 Å². The average molecular weight is 292 g/mol. The molecule has 10 heteroatoms. The second kappa shape index (κ2) is 6.59. The Morgan fingerprint density at radius 2 is 2.00 bits per heavy atom. The first-order chi connectivity index (χ1) is 10.1. The first kappa shape index (κ1) is 14.6. The van der Waals surface area contributed by atoms with Crippen molar-refractivity contribution in [1.82, 2.24) is 24.7 Å². The van der Waals surface area contributed by atoms with Crippen LogP contribution in [0.5, 0.6) is 0 Å². The Kier molecular flexibility index (Phi) is 4.59. The fourth-order valence-electron chi connectivity index (χ4n) is 1.68. The van der Waals surface area contributed by atoms with Gasteiger partial charge in [-0.3, -0.25) is 14.8 Å². The molecule has 0 saturated carbocycles. The van der Waals surface area contributed by atoms with Crippen LogP contribution in [-0.2, 0) is 13.6 Å². The first-order valence-electron chi connectivity index (χ1n) is 6.43. The number of hydrogen-bond acceptors (Lipinski definition) is 8. The summed E-state index contributed by atoms with van der Waals surface area (Å²) in [7, 11) is 1.75. The van der Waals surface area contributed by atoms with Gasteiger partial charge in [-0.05, 0) is 6.42 Å². The molecule has 0 unspecified atom stereocenters. The van der Waals surface area contributed by atoms with Gasteiger partial charge in [-0.2, -0.15) is 5.10 Å². The van der Waals surface area contributed by atoms with E-state index >= 15 is 0 Å². The summed E-state index contributed by atoms with van der Waals surface area (Å²) in [5.41, 5.74) is -0.179. The highest BCUT2D eigenvalue weighted by Crippen LogP contribution is 2.28. The Morgan fingerprint density at radius 3 is 2.57 bits per heavy atom. The van der Waals surface area contributed by atoms with Gasteiger partial charge in [0.25, 0.3) is 0 Å². The summed E-state index contributed by atoms with van der Waals surface area (Å²) < 4.78 is 1.56. The molecule has 0 amide bonds. The quantitative estimate of drug-likeness (QED) is 0.571. The number of nitrogens with one attached hydrogen (secondary N) is 2. The average Bonchev–Trinajstić information content (AvgIpc) is 2.88. The normalized spacial score (nSPS) is 10.4. The van der Waals surface area contributed by atoms with Gasteiger partial charge in [0.15, 0.2) is 5.82 Å². The largest absolute Gasteiger partial charge is 0.364 e. The number of aryl methyl sites for hydroxylation is 1. The highest BCUT2D eigenvalue weighted by atomic mass is 16.6. The lowest BCUT2D eigenvalue weighted by Gasteiger charge is -2.08. The molecule has 2 aromatic heterocycles. The minimum absolute atomic E-state index is 0.140. The van der Waals surface area contributed by atoms with E-state index in [2.05, 4.69) is 30.7 Å². The third-order valence-corrected chi connectivity index (χ3v) is 2.61. The molecule has 0 radical (unpaired) electrons. The second-order valence-corrected chi connectivity index (χ2v) is 4.29. The van der Waals surface area contributed by atoms with Gasteiger partial charge in [0.2, 0.25) is 11.6 Å². The number of anilines is 2. The number of nitro groups is 1. The van der Waals surface area contributed by atoms with Gasteiger partial charge in [-0.1, -0.05) is 6.92 Å². The van der Waals surface area contributed by atoms with E-state index in [1.165, 1.54) is 6.33 Å². The summed E-state index contributed by atoms with van der Waals surface area (Å²) in [5, 5.41) is 21.1. The van der Waals surface area contributed by atoms with Crippen molar-refractivity contribution in [2.45, 2.75) is 19.9 Å². The van der Waals surface area contributed by atoms with Crippen LogP contribution in [0.15, 0.2) is 12.7 Å². The van der Waals surface area contributed by atoms with Gasteiger partial charge in [0.05, 0.1) is 11.5 Å². The smallest absolute Gasteiger partial charge is 0.353 e. The van der Waals surface area contributed by atoms with E-state index in [0.717, 1.165) is 6.42 Å². The van der Waals surface area contributed by atoms with Gasteiger partial charge in [-0.25, -0.2) is 15.0 Å². The molecule has 0 spiro atoms. The van der Waals surface area contributed by atoms with Gasteiger partial charge < -0.3 is 10.6 Å². The first-order valence-corrected chi connectivity index (χ1v) is 6.43. The molecule has 0 aliphatic rings. The highest BCUT2D eigenvalue weighted by Gasteiger charge is 2.22. The Bertz CT molecular complexity index is 626. The summed E-state index contributed by atoms with van der Waals surface area (Å²) in [6.07, 6.45) is 3.67. The molecule has 21 heavy (non-hydrogen) atoms. The van der Waals surface area contributed by atoms with Crippen molar-refractivity contribution >= 4 is 17.3 Å². The van der Waals surface area contributed by atoms with Crippen molar-refractivity contribution in [3.05, 3.63) is 28.6 Å². The second-order valence-electron chi connectivity index (χ2n) is 4.29. The van der Waals surface area contributed by atoms with Crippen LogP contribution in [0.3, 0.4) is 0 Å². The minimum Gasteiger partial charge on any atom is -0.364 e. The number of aromatic nitrogens is 5. The monoisotopic (exact) mass is 292 g/mol. The zero-order valence-corrected chi connectivity index (χ0v) is 11.8. The molecule has 0 fully saturated rings. The highest BCUT2D eigenvalue weighted by molar-refractivity contribution is 5.69. The van der Waals surface area contributed by atoms with Crippen LogP contribution in [0, 0.1) is 10.1 Å². The number of nitrogens with zero attached hydrogens (tertiary/aromatic N) is 6. The maximum Gasteiger partial charge on any atom is 0.353 e. The third-order valence-electron chi connectivity index (χ3n) is 2.61. The van der Waals surface area contributed by atoms with E-state index < -0.39 is 4.92 Å². The Balaban J connectivity index is 2.19. The standard InChI is InChI=1S/C11H16N8O2/c1-3-4-12-10-9(19(20)21)11(15-6-14-10)13-5-8-16-7-18(2)17-8/h6-7H,3-5H2,1-2H3,(H2,12,13,14,15). The molecule has 0 aliphatic heterocycles. The van der Waals surface area contributed by atoms with E-state index in [1.807, 2.05) is 6.92 Å². The van der Waals surface area contributed by atoms with Crippen LogP contribution in [-0.4, -0.2) is 36.2 Å². The molecular weight excluding hydrogens is 276 g/mol. The lowest BCUT2D eigenvalue weighted by Crippen LogP contribution is -2.11. The summed E-state index contributed by atoms with van der Waals surface area (Å²) in [6, 6.07) is 0. The van der Waals surface area contributed by atoms with Crippen molar-refractivity contribution in [1.29, 1.82) is 0 Å². The number of hydrogen-bond donors (Lipinski definition) is 2. The topological polar surface area (TPSA) is 124 Å². The fraction of sp³-hybridized carbons (Fsp3) is 0.455. The molecule has 0 atom stereocenters. The van der Waals surface area contributed by atoms with Crippen molar-refractivity contribution in [3.8, 4) is 0 Å². The van der Waals surface area contributed by atoms with Crippen LogP contribution >= 0.6 is 0 Å². The van der Waals surface area contributed by atoms with Gasteiger partial charge >= 0.3 is 5.69 Å². The van der Waals surface area contributed by atoms with Gasteiger partial charge in [0.1, 0.15) is 12.7 Å². The molecule has 0 bridgehead atoms. The number of rotatable bonds is 7. The maximum atomic E-state index is 11.2. The molecule has 2 rings (SSSR count). The van der Waals surface area contributed by atoms with Crippen molar-refractivity contribution in [2.24, 2.45) is 7.05 Å². The molecule has 0 saturated heterocycles. The summed E-state index contributed by atoms with van der Waals surface area (Å²) >= 11 is 0. The van der Waals surface area contributed by atoms with Crippen LogP contribution in [0.25, 0.3) is 0 Å². The zero-order valence-electron chi connectivity index (χ0n) is 11.8. The third kappa shape index (κ3) is 3.61. The lowest BCUT2D eigenvalue weighted by atomic mass is 10.4. The van der Waals surface area contributed by atoms with Crippen molar-refractivity contribution in [3.63, 3.8) is 0 Å². The molecule has 2 N–H and O–H groups in total. The lowest BCUT2D eigenvalue weighted by molar-refractivity contribution is -0.383. The fourth-order valence-corrected chi connectivity index (χ4v) is 1.68. The molecule has 10 nitrogen and oxygen atoms in total. The van der Waals surface area contributed by atoms with Crippen molar-refractivity contribution in [2.75, 3.05) is 17.2 Å². The van der Waals surface area contributed by atoms with E-state index in [0.29, 0.717) is 12.4 Å². The van der Waals surface area contributed by atoms with E-state index in [4.69, 9.17) is 0 Å². The van der Waals surface area contributed by atoms with E-state index in [-0.39, 0.29) is 23.9 Å². The molecule has 0 aliphatic carbocycles. The van der Waals surface area contributed by atoms with Gasteiger partial charge in [0, 0.05) is 13.6 Å². The van der Waals surface area contributed by atoms with Gasteiger partial charge in [-0.15, -0.1) is 0 Å². The molecule has 2 aromatic rings. The Morgan fingerprint density at radius 1 is 1.29 bits per heavy atom. The van der Waals surface area contributed by atoms with Crippen LogP contribution in [0.1, 0.15) is 19.2 Å². The molecule has 0 aromatic carbocycles. The van der Waals surface area contributed by atoms with E-state index in [9.17, 15) is 10.1 Å². The molecule has 112 valence electrons.